The number of phenolic OH excluding ortho intramolecular Hbond substituents is 1. The summed E-state index contributed by atoms with van der Waals surface area (Å²) in [6.45, 7) is 4.41. The summed E-state index contributed by atoms with van der Waals surface area (Å²) in [6, 6.07) is 22.6. The fourth-order valence-corrected chi connectivity index (χ4v) is 6.37. The minimum atomic E-state index is -0.851. The van der Waals surface area contributed by atoms with E-state index in [0.717, 1.165) is 33.2 Å². The van der Waals surface area contributed by atoms with Gasteiger partial charge in [-0.3, -0.25) is 14.6 Å². The maximum absolute atomic E-state index is 14.4. The molecule has 0 bridgehead atoms. The van der Waals surface area contributed by atoms with Crippen LogP contribution in [-0.2, 0) is 22.6 Å². The summed E-state index contributed by atoms with van der Waals surface area (Å²) >= 11 is 0. The van der Waals surface area contributed by atoms with Crippen LogP contribution in [0, 0.1) is 6.92 Å². The van der Waals surface area contributed by atoms with E-state index in [4.69, 9.17) is 0 Å². The number of aryl methyl sites for hydroxylation is 1. The number of carbonyl (C=O) groups is 3. The van der Waals surface area contributed by atoms with Crippen molar-refractivity contribution in [3.8, 4) is 5.75 Å². The Balaban J connectivity index is 1.38. The Morgan fingerprint density at radius 1 is 1.00 bits per heavy atom. The molecule has 2 saturated heterocycles. The Morgan fingerprint density at radius 2 is 1.75 bits per heavy atom. The van der Waals surface area contributed by atoms with E-state index in [1.165, 1.54) is 0 Å². The number of phenols is 1. The standard InChI is InChI=1S/C34H36N6O4/c1-22-11-16-28(32-27(22)10-7-17-35-32)23(2)38-20-30-39(29(33(38)43)18-24-12-14-26(41)15-13-24)31(42)21-37(3)40(30)34(44)36-19-25-8-5-4-6-9-25/h4-17,23,29-30,41H,18-21H2,1-3H3,(H,36,44)/t23-,29+,30?/m1/s1. The second-order valence-electron chi connectivity index (χ2n) is 11.5. The highest BCUT2D eigenvalue weighted by atomic mass is 16.3. The molecule has 4 amide bonds. The molecule has 2 aliphatic heterocycles. The summed E-state index contributed by atoms with van der Waals surface area (Å²) in [5.41, 5.74) is 4.55. The molecular weight excluding hydrogens is 556 g/mol. The molecule has 44 heavy (non-hydrogen) atoms. The smallest absolute Gasteiger partial charge is 0.334 e. The number of benzene rings is 3. The van der Waals surface area contributed by atoms with Crippen molar-refractivity contribution in [2.45, 2.75) is 45.1 Å². The molecule has 3 heterocycles. The topological polar surface area (TPSA) is 109 Å². The van der Waals surface area contributed by atoms with Crippen LogP contribution < -0.4 is 5.32 Å². The molecule has 0 saturated carbocycles. The molecule has 1 unspecified atom stereocenters. The molecule has 6 rings (SSSR count). The van der Waals surface area contributed by atoms with E-state index >= 15 is 0 Å². The summed E-state index contributed by atoms with van der Waals surface area (Å²) in [4.78, 5) is 49.9. The number of carbonyl (C=O) groups excluding carboxylic acids is 3. The van der Waals surface area contributed by atoms with E-state index in [1.807, 2.05) is 68.4 Å². The van der Waals surface area contributed by atoms with Gasteiger partial charge in [0.25, 0.3) is 0 Å². The van der Waals surface area contributed by atoms with Crippen LogP contribution in [0.1, 0.15) is 35.2 Å². The number of urea groups is 1. The van der Waals surface area contributed by atoms with Gasteiger partial charge in [0, 0.05) is 37.2 Å². The van der Waals surface area contributed by atoms with Crippen molar-refractivity contribution in [3.63, 3.8) is 0 Å². The highest BCUT2D eigenvalue weighted by Gasteiger charge is 2.51. The molecule has 2 fully saturated rings. The van der Waals surface area contributed by atoms with Crippen molar-refractivity contribution < 1.29 is 19.5 Å². The first-order valence-corrected chi connectivity index (χ1v) is 14.8. The molecular formula is C34H36N6O4. The van der Waals surface area contributed by atoms with Gasteiger partial charge >= 0.3 is 6.03 Å². The number of nitrogens with one attached hydrogen (secondary N) is 1. The number of hydrazine groups is 1. The highest BCUT2D eigenvalue weighted by Crippen LogP contribution is 2.35. The molecule has 2 N–H and O–H groups in total. The van der Waals surface area contributed by atoms with Gasteiger partial charge in [0.2, 0.25) is 11.8 Å². The molecule has 0 aliphatic carbocycles. The number of hydrogen-bond donors (Lipinski definition) is 2. The highest BCUT2D eigenvalue weighted by molar-refractivity contribution is 5.92. The number of amides is 4. The van der Waals surface area contributed by atoms with E-state index in [1.54, 1.807) is 57.3 Å². The molecule has 10 nitrogen and oxygen atoms in total. The fourth-order valence-electron chi connectivity index (χ4n) is 6.37. The van der Waals surface area contributed by atoms with Crippen molar-refractivity contribution in [1.29, 1.82) is 0 Å². The largest absolute Gasteiger partial charge is 0.508 e. The minimum absolute atomic E-state index is 0.0450. The predicted octanol–water partition coefficient (Wildman–Crippen LogP) is 3.99. The van der Waals surface area contributed by atoms with Gasteiger partial charge in [-0.2, -0.15) is 0 Å². The SMILES string of the molecule is Cc1ccc([C@@H](C)N2CC3N(C(=O)CN(C)N3C(=O)NCc3ccccc3)[C@@H](Cc3ccc(O)cc3)C2=O)c2ncccc12. The first-order valence-electron chi connectivity index (χ1n) is 14.8. The number of hydrogen-bond acceptors (Lipinski definition) is 6. The van der Waals surface area contributed by atoms with Gasteiger partial charge in [0.15, 0.2) is 0 Å². The first-order chi connectivity index (χ1) is 21.2. The third-order valence-electron chi connectivity index (χ3n) is 8.68. The van der Waals surface area contributed by atoms with Gasteiger partial charge in [-0.1, -0.05) is 60.7 Å². The number of fused-ring (bicyclic) bond motifs is 2. The van der Waals surface area contributed by atoms with Gasteiger partial charge < -0.3 is 20.2 Å². The van der Waals surface area contributed by atoms with E-state index in [0.29, 0.717) is 6.54 Å². The minimum Gasteiger partial charge on any atom is -0.508 e. The first kappa shape index (κ1) is 29.1. The van der Waals surface area contributed by atoms with E-state index in [9.17, 15) is 19.5 Å². The third kappa shape index (κ3) is 5.44. The van der Waals surface area contributed by atoms with E-state index < -0.39 is 12.2 Å². The molecule has 226 valence electrons. The second kappa shape index (κ2) is 12.0. The summed E-state index contributed by atoms with van der Waals surface area (Å²) < 4.78 is 0. The van der Waals surface area contributed by atoms with E-state index in [2.05, 4.69) is 10.3 Å². The summed E-state index contributed by atoms with van der Waals surface area (Å²) in [6.07, 6.45) is 1.25. The van der Waals surface area contributed by atoms with Gasteiger partial charge in [-0.25, -0.2) is 14.8 Å². The monoisotopic (exact) mass is 592 g/mol. The van der Waals surface area contributed by atoms with Crippen molar-refractivity contribution >= 4 is 28.7 Å². The summed E-state index contributed by atoms with van der Waals surface area (Å²) in [5.74, 6) is -0.307. The van der Waals surface area contributed by atoms with Crippen molar-refractivity contribution in [2.24, 2.45) is 0 Å². The number of pyridine rings is 1. The molecule has 3 aromatic carbocycles. The zero-order chi connectivity index (χ0) is 31.0. The number of likely N-dealkylation sites (N-methyl/N-ethyl adjacent to an activating group) is 1. The predicted molar refractivity (Wildman–Crippen MR) is 166 cm³/mol. The van der Waals surface area contributed by atoms with Crippen LogP contribution in [0.15, 0.2) is 85.1 Å². The summed E-state index contributed by atoms with van der Waals surface area (Å²) in [7, 11) is 1.72. The maximum Gasteiger partial charge on any atom is 0.334 e. The Morgan fingerprint density at radius 3 is 2.50 bits per heavy atom. The Kier molecular flexibility index (Phi) is 7.92. The number of rotatable bonds is 6. The van der Waals surface area contributed by atoms with Crippen LogP contribution >= 0.6 is 0 Å². The molecule has 2 aliphatic rings. The van der Waals surface area contributed by atoms with Crippen molar-refractivity contribution in [2.75, 3.05) is 20.1 Å². The lowest BCUT2D eigenvalue weighted by Gasteiger charge is -2.55. The van der Waals surface area contributed by atoms with Crippen molar-refractivity contribution in [1.82, 2.24) is 30.1 Å². The average molecular weight is 593 g/mol. The lowest BCUT2D eigenvalue weighted by molar-refractivity contribution is -0.189. The van der Waals surface area contributed by atoms with Crippen LogP contribution in [0.4, 0.5) is 4.79 Å². The number of aromatic nitrogens is 1. The normalized spacial score (nSPS) is 19.7. The molecule has 1 aromatic heterocycles. The Hall–Kier alpha value is -4.96. The van der Waals surface area contributed by atoms with Gasteiger partial charge in [0.1, 0.15) is 18.0 Å². The molecule has 4 aromatic rings. The lowest BCUT2D eigenvalue weighted by atomic mass is 9.94. The lowest BCUT2D eigenvalue weighted by Crippen LogP contribution is -2.76. The molecule has 0 spiro atoms. The molecule has 3 atom stereocenters. The fraction of sp³-hybridized carbons (Fsp3) is 0.294. The third-order valence-corrected chi connectivity index (χ3v) is 8.68. The Labute approximate surface area is 256 Å². The van der Waals surface area contributed by atoms with Crippen LogP contribution in [-0.4, -0.2) is 80.1 Å². The van der Waals surface area contributed by atoms with Gasteiger partial charge in [-0.05, 0) is 48.7 Å². The van der Waals surface area contributed by atoms with Gasteiger partial charge in [-0.15, -0.1) is 0 Å². The van der Waals surface area contributed by atoms with Gasteiger partial charge in [0.05, 0.1) is 24.6 Å². The zero-order valence-corrected chi connectivity index (χ0v) is 25.1. The van der Waals surface area contributed by atoms with Crippen molar-refractivity contribution in [3.05, 3.63) is 107 Å². The maximum atomic E-state index is 14.4. The number of aromatic hydroxyl groups is 1. The van der Waals surface area contributed by atoms with E-state index in [-0.39, 0.29) is 49.1 Å². The van der Waals surface area contributed by atoms with Crippen LogP contribution in [0.3, 0.4) is 0 Å². The second-order valence-corrected chi connectivity index (χ2v) is 11.5. The number of piperazine rings is 1. The molecule has 0 radical (unpaired) electrons. The van der Waals surface area contributed by atoms with Crippen LogP contribution in [0.2, 0.25) is 0 Å². The summed E-state index contributed by atoms with van der Waals surface area (Å²) in [5, 5.41) is 17.0. The van der Waals surface area contributed by atoms with Crippen LogP contribution in [0.5, 0.6) is 5.75 Å². The molecule has 10 heteroatoms. The Bertz CT molecular complexity index is 1700. The number of nitrogens with zero attached hydrogens (tertiary/aromatic N) is 5. The average Bonchev–Trinajstić information content (AvgIpc) is 3.02. The zero-order valence-electron chi connectivity index (χ0n) is 25.1. The quantitative estimate of drug-likeness (QED) is 0.351. The van der Waals surface area contributed by atoms with Crippen LogP contribution in [0.25, 0.3) is 10.9 Å².